The first-order valence-corrected chi connectivity index (χ1v) is 45.5. The lowest BCUT2D eigenvalue weighted by molar-refractivity contribution is -0.405. The molecule has 1 unspecified atom stereocenters. The molecule has 11 heterocycles. The highest BCUT2D eigenvalue weighted by molar-refractivity contribution is 5.75. The Kier molecular flexibility index (Phi) is 42.1. The molecule has 11 rings (SSSR count). The smallest absolute Gasteiger partial charge is 0.217 e. The molecule has 818 valence electrons. The minimum Gasteiger partial charge on any atom is -0.394 e. The molecule has 0 spiro atoms. The molecule has 62 heteroatoms. The molecule has 11 aliphatic rings. The fourth-order valence-electron chi connectivity index (χ4n) is 18.5. The SMILES string of the molecule is CC(=O)N[C@H]1[C@H](O[C@H]2[C@H](O)[C@@H](NC(C)=O)C(O)O[C@@H]2CO[C@@H]2O[C@@H](C)[C@@H](O)[C@@H](O)[C@@H]2O)O[C@H](CO)[C@@H](O[C@@H]2O[C@H](CO[C@H]3O[C@H](CO)[C@@H](O)[C@H](O)[C@@H]3O[C@@H]3O[C@H](CO)[C@@H](O[C@@H]4O[C@H](CO)[C@H](O)[C@H](O)[C@H]4NC(C)=O)[C@H](O)[C@H]3NC(C)=O)[C@@H](O)[C@H](O[C@H]3O[C@H](CO)[C@@H](O[C@@H]4O[C@H](CO)[C@@H](O)[C@H](O)[C@H]4NC(C)=O)[C@H](O)[C@@H]3O[C@@H]3O[C@H](CO)[C@@H](O[C@@H]4O[C@H](CO)[C@H](O)[C@H](O)[C@H]4NC(C)=O)[C@H](O)[C@H]3NC(C)=O)[C@@H]2O)[C@@H]1O. The van der Waals surface area contributed by atoms with E-state index in [0.717, 1.165) is 48.5 Å². The van der Waals surface area contributed by atoms with Crippen LogP contribution in [0.15, 0.2) is 0 Å². The van der Waals surface area contributed by atoms with E-state index in [4.69, 9.17) is 99.5 Å². The highest BCUT2D eigenvalue weighted by Gasteiger charge is 2.63. The quantitative estimate of drug-likeness (QED) is 0.0275. The van der Waals surface area contributed by atoms with Gasteiger partial charge in [0.05, 0.1) is 72.2 Å². The summed E-state index contributed by atoms with van der Waals surface area (Å²) >= 11 is 0. The van der Waals surface area contributed by atoms with E-state index >= 15 is 0 Å². The van der Waals surface area contributed by atoms with Crippen molar-refractivity contribution in [1.82, 2.24) is 37.2 Å². The molecule has 0 radical (unpaired) electrons. The van der Waals surface area contributed by atoms with Gasteiger partial charge in [0.15, 0.2) is 69.2 Å². The summed E-state index contributed by atoms with van der Waals surface area (Å²) in [6, 6.07) is -13.4. The number of nitrogens with one attached hydrogen (secondary N) is 7. The Hall–Kier alpha value is -5.63. The largest absolute Gasteiger partial charge is 0.394 e. The topological polar surface area (TPSA) is 944 Å². The lowest BCUT2D eigenvalue weighted by atomic mass is 9.93. The molecule has 142 heavy (non-hydrogen) atoms. The van der Waals surface area contributed by atoms with Crippen LogP contribution in [0.25, 0.3) is 0 Å². The molecule has 11 saturated heterocycles. The standard InChI is InChI=1S/C80H133N7O55/c1-19-44(103)57(116)59(118)77(124-19)122-18-36-66(53(112)37(70(121)125-36)81-20(2)96)138-74-41(85-24(6)100)56(115)64(33(15-94)130-74)139-78-61(120)67(49(108)35(134-78)17-123-79-68(58(117)48(107)30(12-91)129-79)141-75-42(86-25(7)101)54(113)62(31(13-92)131-75)135-71-38(82-21(3)97)50(109)45(104)27(9-88)126-71)140-80-69(60(119)65(34(16-95)133-80)137-73-40(84-23(5)99)52(111)47(106)29(11-90)128-73)142-76-43(87-26(8)102)55(114)63(32(14-93)132-76)136-72-39(83-22(4)98)51(110)46(105)28(10-89)127-72/h19,27-80,88-95,103-121H,9-18H2,1-8H3,(H,81,96)(H,82,97)(H,83,98)(H,84,99)(H,85,100)(H,86,101)(H,87,102)/t19-,27+,28+,29+,30+,31+,32+,33+,34+,35+,36+,37+,38+,39+,40+,41+,42+,43+,44+,45-,46-,47+,48+,49+,50+,51+,52+,53+,54+,55+,56+,57+,58-,59-,60-,61-,62+,63+,64+,65+,66+,67-,68-,69-,70?,71-,72-,73-,74-,75-,76-,77+,78-,79-,80+/m0/s1. The fourth-order valence-corrected chi connectivity index (χ4v) is 18.5. The zero-order valence-electron chi connectivity index (χ0n) is 77.3. The molecule has 0 aromatic rings. The van der Waals surface area contributed by atoms with Crippen molar-refractivity contribution in [3.63, 3.8) is 0 Å². The van der Waals surface area contributed by atoms with E-state index in [0.29, 0.717) is 0 Å². The molecule has 11 aliphatic heterocycles. The summed E-state index contributed by atoms with van der Waals surface area (Å²) in [5.41, 5.74) is 0. The number of carbonyl (C=O) groups excluding carboxylic acids is 7. The number of carbonyl (C=O) groups is 7. The first-order valence-electron chi connectivity index (χ1n) is 45.5. The van der Waals surface area contributed by atoms with Crippen LogP contribution in [0.5, 0.6) is 0 Å². The van der Waals surface area contributed by atoms with E-state index in [-0.39, 0.29) is 0 Å². The van der Waals surface area contributed by atoms with E-state index in [2.05, 4.69) is 37.2 Å². The maximum absolute atomic E-state index is 13.5. The number of amides is 7. The summed E-state index contributed by atoms with van der Waals surface area (Å²) in [6.45, 7) is -3.76. The molecular weight excluding hydrogens is 1940 g/mol. The molecule has 0 aromatic carbocycles. The van der Waals surface area contributed by atoms with Crippen LogP contribution in [0, 0.1) is 0 Å². The van der Waals surface area contributed by atoms with Crippen LogP contribution >= 0.6 is 0 Å². The van der Waals surface area contributed by atoms with E-state index in [1.165, 1.54) is 6.92 Å². The first-order chi connectivity index (χ1) is 67.1. The number of aliphatic hydroxyl groups excluding tert-OH is 27. The molecule has 0 aromatic heterocycles. The third kappa shape index (κ3) is 26.5. The maximum atomic E-state index is 13.5. The van der Waals surface area contributed by atoms with Crippen molar-refractivity contribution in [2.24, 2.45) is 0 Å². The van der Waals surface area contributed by atoms with Gasteiger partial charge in [-0.05, 0) is 6.92 Å². The Bertz CT molecular complexity index is 4030. The molecule has 0 aliphatic carbocycles. The van der Waals surface area contributed by atoms with E-state index in [1.807, 2.05) is 0 Å². The normalized spacial score (nSPS) is 47.5. The number of hydrogen-bond acceptors (Lipinski definition) is 55. The maximum Gasteiger partial charge on any atom is 0.217 e. The Morgan fingerprint density at radius 2 is 0.444 bits per heavy atom. The van der Waals surface area contributed by atoms with Gasteiger partial charge in [0, 0.05) is 48.5 Å². The van der Waals surface area contributed by atoms with Crippen LogP contribution in [-0.4, -0.2) is 583 Å². The zero-order chi connectivity index (χ0) is 105. The molecule has 55 atom stereocenters. The predicted octanol–water partition coefficient (Wildman–Crippen LogP) is -22.9. The summed E-state index contributed by atoms with van der Waals surface area (Å²) in [6.07, 6.45) is -102. The van der Waals surface area contributed by atoms with Gasteiger partial charge in [-0.1, -0.05) is 0 Å². The van der Waals surface area contributed by atoms with Crippen LogP contribution in [0.3, 0.4) is 0 Å². The third-order valence-electron chi connectivity index (χ3n) is 25.7. The number of ether oxygens (including phenoxy) is 21. The Morgan fingerprint density at radius 1 is 0.197 bits per heavy atom. The van der Waals surface area contributed by atoms with Crippen molar-refractivity contribution in [2.45, 2.75) is 393 Å². The van der Waals surface area contributed by atoms with Crippen LogP contribution < -0.4 is 37.2 Å². The molecular formula is C80H133N7O55. The summed E-state index contributed by atoms with van der Waals surface area (Å²) < 4.78 is 128. The molecule has 34 N–H and O–H groups in total. The number of hydrogen-bond donors (Lipinski definition) is 34. The Balaban J connectivity index is 0.985. The van der Waals surface area contributed by atoms with Crippen molar-refractivity contribution in [1.29, 1.82) is 0 Å². The van der Waals surface area contributed by atoms with E-state index in [1.54, 1.807) is 0 Å². The van der Waals surface area contributed by atoms with Crippen LogP contribution in [-0.2, 0) is 133 Å². The summed E-state index contributed by atoms with van der Waals surface area (Å²) in [4.78, 5) is 90.6. The molecule has 7 amide bonds. The second kappa shape index (κ2) is 51.3. The van der Waals surface area contributed by atoms with Crippen molar-refractivity contribution < 1.29 is 271 Å². The summed E-state index contributed by atoms with van der Waals surface area (Å²) in [5, 5.41) is 325. The van der Waals surface area contributed by atoms with Gasteiger partial charge in [0.25, 0.3) is 0 Å². The average Bonchev–Trinajstić information content (AvgIpc) is 0.763. The van der Waals surface area contributed by atoms with Crippen LogP contribution in [0.1, 0.15) is 55.4 Å². The van der Waals surface area contributed by atoms with E-state index in [9.17, 15) is 171 Å². The average molecular weight is 2070 g/mol. The van der Waals surface area contributed by atoms with Crippen molar-refractivity contribution in [3.05, 3.63) is 0 Å². The van der Waals surface area contributed by atoms with Gasteiger partial charge in [0.1, 0.15) is 262 Å². The highest BCUT2D eigenvalue weighted by atomic mass is 16.8. The molecule has 0 saturated carbocycles. The second-order valence-corrected chi connectivity index (χ2v) is 36.0. The van der Waals surface area contributed by atoms with Crippen LogP contribution in [0.2, 0.25) is 0 Å². The lowest BCUT2D eigenvalue weighted by Crippen LogP contribution is -2.71. The van der Waals surface area contributed by atoms with Gasteiger partial charge >= 0.3 is 0 Å². The van der Waals surface area contributed by atoms with Gasteiger partial charge in [-0.25, -0.2) is 0 Å². The van der Waals surface area contributed by atoms with Gasteiger partial charge < -0.3 is 275 Å². The number of rotatable bonds is 37. The third-order valence-corrected chi connectivity index (χ3v) is 25.7. The second-order valence-electron chi connectivity index (χ2n) is 36.0. The van der Waals surface area contributed by atoms with Crippen molar-refractivity contribution in [2.75, 3.05) is 66.1 Å². The van der Waals surface area contributed by atoms with Crippen LogP contribution in [0.4, 0.5) is 0 Å². The van der Waals surface area contributed by atoms with Crippen molar-refractivity contribution >= 4 is 41.4 Å². The first kappa shape index (κ1) is 117. The lowest BCUT2D eigenvalue weighted by Gasteiger charge is -2.52. The molecule has 0 bridgehead atoms. The fraction of sp³-hybridized carbons (Fsp3) is 0.912. The minimum absolute atomic E-state index is 0.833. The Labute approximate surface area is 805 Å². The Morgan fingerprint density at radius 3 is 0.789 bits per heavy atom. The summed E-state index contributed by atoms with van der Waals surface area (Å²) in [7, 11) is 0. The molecule has 11 fully saturated rings. The van der Waals surface area contributed by atoms with E-state index < -0.39 is 445 Å². The van der Waals surface area contributed by atoms with Crippen molar-refractivity contribution in [3.8, 4) is 0 Å². The zero-order valence-corrected chi connectivity index (χ0v) is 77.3. The van der Waals surface area contributed by atoms with Gasteiger partial charge in [-0.2, -0.15) is 0 Å². The summed E-state index contributed by atoms with van der Waals surface area (Å²) in [5.74, 6) is -6.58. The predicted molar refractivity (Wildman–Crippen MR) is 442 cm³/mol. The monoisotopic (exact) mass is 2070 g/mol. The number of aliphatic hydroxyl groups is 27. The molecule has 62 nitrogen and oxygen atoms in total. The van der Waals surface area contributed by atoms with Gasteiger partial charge in [0.2, 0.25) is 41.4 Å². The highest BCUT2D eigenvalue weighted by Crippen LogP contribution is 2.42. The van der Waals surface area contributed by atoms with Gasteiger partial charge in [-0.15, -0.1) is 0 Å². The minimum atomic E-state index is -2.76. The van der Waals surface area contributed by atoms with Gasteiger partial charge in [-0.3, -0.25) is 33.6 Å².